The summed E-state index contributed by atoms with van der Waals surface area (Å²) in [7, 11) is 0. The van der Waals surface area contributed by atoms with E-state index in [0.29, 0.717) is 19.5 Å². The first-order valence-corrected chi connectivity index (χ1v) is 5.83. The number of hydrogen-bond acceptors (Lipinski definition) is 2. The molecule has 1 rings (SSSR count). The third kappa shape index (κ3) is 5.85. The molecule has 2 N–H and O–H groups in total. The lowest BCUT2D eigenvalue weighted by atomic mass is 10.1. The van der Waals surface area contributed by atoms with Crippen molar-refractivity contribution < 1.29 is 10.2 Å². The average molecular weight is 222 g/mol. The van der Waals surface area contributed by atoms with E-state index in [1.807, 2.05) is 18.2 Å². The minimum absolute atomic E-state index is 0.0485. The SMILES string of the molecule is [O]CCCNCC(O)CCc1ccccc1. The van der Waals surface area contributed by atoms with Gasteiger partial charge in [-0.2, -0.15) is 0 Å². The second-order valence-electron chi connectivity index (χ2n) is 3.94. The molecular formula is C13H20NO2. The maximum absolute atomic E-state index is 10.2. The molecule has 1 aromatic carbocycles. The number of rotatable bonds is 8. The van der Waals surface area contributed by atoms with Crippen LogP contribution >= 0.6 is 0 Å². The molecule has 3 nitrogen and oxygen atoms in total. The highest BCUT2D eigenvalue weighted by molar-refractivity contribution is 5.14. The molecule has 89 valence electrons. The molecule has 0 saturated heterocycles. The summed E-state index contributed by atoms with van der Waals surface area (Å²) >= 11 is 0. The molecule has 3 heteroatoms. The van der Waals surface area contributed by atoms with Crippen LogP contribution in [-0.4, -0.2) is 30.9 Å². The molecule has 16 heavy (non-hydrogen) atoms. The summed E-state index contributed by atoms with van der Waals surface area (Å²) in [5, 5.41) is 22.9. The Hall–Kier alpha value is -0.900. The highest BCUT2D eigenvalue weighted by Gasteiger charge is 2.03. The van der Waals surface area contributed by atoms with Gasteiger partial charge in [0.15, 0.2) is 0 Å². The number of aliphatic hydroxyl groups excluding tert-OH is 1. The fourth-order valence-corrected chi connectivity index (χ4v) is 1.55. The predicted molar refractivity (Wildman–Crippen MR) is 63.8 cm³/mol. The van der Waals surface area contributed by atoms with Gasteiger partial charge in [0, 0.05) is 6.54 Å². The predicted octanol–water partition coefficient (Wildman–Crippen LogP) is 1.39. The van der Waals surface area contributed by atoms with Gasteiger partial charge in [-0.05, 0) is 31.4 Å². The van der Waals surface area contributed by atoms with Crippen molar-refractivity contribution in [2.45, 2.75) is 25.4 Å². The molecule has 1 radical (unpaired) electrons. The molecule has 0 heterocycles. The number of benzene rings is 1. The molecule has 1 atom stereocenters. The fourth-order valence-electron chi connectivity index (χ4n) is 1.55. The van der Waals surface area contributed by atoms with Gasteiger partial charge in [-0.15, -0.1) is 0 Å². The van der Waals surface area contributed by atoms with E-state index in [4.69, 9.17) is 0 Å². The highest BCUT2D eigenvalue weighted by atomic mass is 16.3. The lowest BCUT2D eigenvalue weighted by Gasteiger charge is -2.11. The van der Waals surface area contributed by atoms with Crippen molar-refractivity contribution in [3.05, 3.63) is 35.9 Å². The zero-order valence-electron chi connectivity index (χ0n) is 9.56. The number of hydrogen-bond donors (Lipinski definition) is 2. The van der Waals surface area contributed by atoms with Gasteiger partial charge in [0.2, 0.25) is 0 Å². The monoisotopic (exact) mass is 222 g/mol. The maximum Gasteiger partial charge on any atom is 0.0834 e. The number of aliphatic hydroxyl groups is 1. The van der Waals surface area contributed by atoms with Gasteiger partial charge in [0.05, 0.1) is 12.7 Å². The van der Waals surface area contributed by atoms with E-state index in [-0.39, 0.29) is 12.7 Å². The molecule has 0 aliphatic rings. The molecular weight excluding hydrogens is 202 g/mol. The molecule has 1 aromatic rings. The Bertz CT molecular complexity index is 264. The van der Waals surface area contributed by atoms with Crippen LogP contribution in [0.3, 0.4) is 0 Å². The summed E-state index contributed by atoms with van der Waals surface area (Å²) in [5.74, 6) is 0. The first kappa shape index (κ1) is 13.2. The third-order valence-corrected chi connectivity index (χ3v) is 2.49. The van der Waals surface area contributed by atoms with Crippen LogP contribution in [-0.2, 0) is 11.5 Å². The Morgan fingerprint density at radius 1 is 1.25 bits per heavy atom. The van der Waals surface area contributed by atoms with Crippen LogP contribution in [0.2, 0.25) is 0 Å². The maximum atomic E-state index is 10.2. The molecule has 0 aliphatic heterocycles. The van der Waals surface area contributed by atoms with Crippen molar-refractivity contribution in [1.29, 1.82) is 0 Å². The van der Waals surface area contributed by atoms with Gasteiger partial charge in [0.1, 0.15) is 0 Å². The Morgan fingerprint density at radius 3 is 2.69 bits per heavy atom. The van der Waals surface area contributed by atoms with Gasteiger partial charge >= 0.3 is 0 Å². The Balaban J connectivity index is 2.08. The largest absolute Gasteiger partial charge is 0.392 e. The zero-order valence-corrected chi connectivity index (χ0v) is 9.56. The minimum Gasteiger partial charge on any atom is -0.392 e. The third-order valence-electron chi connectivity index (χ3n) is 2.49. The summed E-state index contributed by atoms with van der Waals surface area (Å²) in [5.41, 5.74) is 1.25. The molecule has 0 fully saturated rings. The van der Waals surface area contributed by atoms with Crippen LogP contribution in [0.4, 0.5) is 0 Å². The first-order chi connectivity index (χ1) is 7.83. The molecule has 0 aromatic heterocycles. The summed E-state index contributed by atoms with van der Waals surface area (Å²) in [6.07, 6.45) is 1.96. The summed E-state index contributed by atoms with van der Waals surface area (Å²) in [6.45, 7) is 1.23. The summed E-state index contributed by atoms with van der Waals surface area (Å²) in [6, 6.07) is 10.1. The van der Waals surface area contributed by atoms with Crippen molar-refractivity contribution in [2.24, 2.45) is 0 Å². The lowest BCUT2D eigenvalue weighted by Crippen LogP contribution is -2.28. The van der Waals surface area contributed by atoms with E-state index >= 15 is 0 Å². The van der Waals surface area contributed by atoms with E-state index in [1.165, 1.54) is 5.56 Å². The van der Waals surface area contributed by atoms with Crippen molar-refractivity contribution in [2.75, 3.05) is 19.7 Å². The van der Waals surface area contributed by atoms with Gasteiger partial charge < -0.3 is 10.4 Å². The van der Waals surface area contributed by atoms with Gasteiger partial charge in [-0.1, -0.05) is 30.3 Å². The van der Waals surface area contributed by atoms with Crippen LogP contribution in [0.25, 0.3) is 0 Å². The molecule has 0 bridgehead atoms. The Kier molecular flexibility index (Phi) is 6.81. The van der Waals surface area contributed by atoms with Crippen LogP contribution in [0.5, 0.6) is 0 Å². The molecule has 0 amide bonds. The molecule has 0 spiro atoms. The average Bonchev–Trinajstić information content (AvgIpc) is 2.33. The van der Waals surface area contributed by atoms with E-state index in [1.54, 1.807) is 0 Å². The summed E-state index contributed by atoms with van der Waals surface area (Å²) in [4.78, 5) is 0. The molecule has 0 saturated carbocycles. The quantitative estimate of drug-likeness (QED) is 0.653. The first-order valence-electron chi connectivity index (χ1n) is 5.83. The Morgan fingerprint density at radius 2 is 2.00 bits per heavy atom. The second kappa shape index (κ2) is 8.28. The van der Waals surface area contributed by atoms with Crippen molar-refractivity contribution in [3.63, 3.8) is 0 Å². The zero-order chi connectivity index (χ0) is 11.6. The molecule has 1 unspecified atom stereocenters. The van der Waals surface area contributed by atoms with E-state index < -0.39 is 0 Å². The van der Waals surface area contributed by atoms with Crippen molar-refractivity contribution in [1.82, 2.24) is 5.32 Å². The molecule has 0 aliphatic carbocycles. The van der Waals surface area contributed by atoms with E-state index in [2.05, 4.69) is 17.4 Å². The van der Waals surface area contributed by atoms with E-state index in [0.717, 1.165) is 12.8 Å². The smallest absolute Gasteiger partial charge is 0.0834 e. The number of nitrogens with one attached hydrogen (secondary N) is 1. The van der Waals surface area contributed by atoms with Crippen molar-refractivity contribution in [3.8, 4) is 0 Å². The van der Waals surface area contributed by atoms with Gasteiger partial charge in [-0.3, -0.25) is 0 Å². The van der Waals surface area contributed by atoms with Gasteiger partial charge in [-0.25, -0.2) is 5.11 Å². The van der Waals surface area contributed by atoms with Crippen LogP contribution in [0.15, 0.2) is 30.3 Å². The summed E-state index contributed by atoms with van der Waals surface area (Å²) < 4.78 is 0. The standard InChI is InChI=1S/C13H20NO2/c15-10-4-9-14-11-13(16)8-7-12-5-2-1-3-6-12/h1-3,5-6,13-14,16H,4,7-11H2. The van der Waals surface area contributed by atoms with Crippen LogP contribution in [0, 0.1) is 0 Å². The minimum atomic E-state index is -0.327. The second-order valence-corrected chi connectivity index (χ2v) is 3.94. The van der Waals surface area contributed by atoms with Crippen molar-refractivity contribution >= 4 is 0 Å². The van der Waals surface area contributed by atoms with Crippen LogP contribution < -0.4 is 5.32 Å². The van der Waals surface area contributed by atoms with Gasteiger partial charge in [0.25, 0.3) is 0 Å². The normalized spacial score (nSPS) is 12.6. The van der Waals surface area contributed by atoms with Crippen LogP contribution in [0.1, 0.15) is 18.4 Å². The number of aryl methyl sites for hydroxylation is 1. The van der Waals surface area contributed by atoms with E-state index in [9.17, 15) is 10.2 Å². The lowest BCUT2D eigenvalue weighted by molar-refractivity contribution is 0.156. The topological polar surface area (TPSA) is 52.2 Å². The highest BCUT2D eigenvalue weighted by Crippen LogP contribution is 2.04. The Labute approximate surface area is 97.1 Å². The fraction of sp³-hybridized carbons (Fsp3) is 0.538.